The Kier molecular flexibility index (Phi) is 4.82. The van der Waals surface area contributed by atoms with Crippen LogP contribution in [0, 0.1) is 13.8 Å². The maximum absolute atomic E-state index is 11.8. The zero-order valence-corrected chi connectivity index (χ0v) is 17.1. The van der Waals surface area contributed by atoms with Crippen molar-refractivity contribution in [2.45, 2.75) is 20.4 Å². The molecule has 0 saturated carbocycles. The van der Waals surface area contributed by atoms with Gasteiger partial charge in [-0.1, -0.05) is 17.7 Å². The number of halogens is 1. The van der Waals surface area contributed by atoms with Gasteiger partial charge in [0.05, 0.1) is 26.5 Å². The molecule has 4 rings (SSSR count). The van der Waals surface area contributed by atoms with Crippen LogP contribution in [0.4, 0.5) is 5.82 Å². The Balaban J connectivity index is 1.66. The lowest BCUT2D eigenvalue weighted by Crippen LogP contribution is -2.18. The van der Waals surface area contributed by atoms with Crippen molar-refractivity contribution in [2.75, 3.05) is 12.4 Å². The van der Waals surface area contributed by atoms with Crippen LogP contribution in [0.25, 0.3) is 20.4 Å². The maximum atomic E-state index is 11.8. The van der Waals surface area contributed by atoms with Crippen molar-refractivity contribution >= 4 is 55.1 Å². The first-order chi connectivity index (χ1) is 13.5. The van der Waals surface area contributed by atoms with Crippen LogP contribution in [0.1, 0.15) is 27.2 Å². The van der Waals surface area contributed by atoms with Crippen molar-refractivity contribution in [3.05, 3.63) is 51.9 Å². The number of hydrogen-bond acceptors (Lipinski definition) is 7. The van der Waals surface area contributed by atoms with Crippen molar-refractivity contribution in [1.29, 1.82) is 0 Å². The summed E-state index contributed by atoms with van der Waals surface area (Å²) in [5.74, 6) is 0.524. The van der Waals surface area contributed by atoms with Gasteiger partial charge in [-0.3, -0.25) is 4.79 Å². The standard InChI is InChI=1S/C19H17ClN6OS/c1-9-10(2)25-26-19-14(9)15-16(28-19)17(24-8-23-15)22-7-11-4-5-12(13(20)6-11)18(27)21-3/h4-6,8H,7H2,1-3H3,(H,21,27)(H,22,23,24). The van der Waals surface area contributed by atoms with E-state index < -0.39 is 0 Å². The van der Waals surface area contributed by atoms with E-state index in [2.05, 4.69) is 30.8 Å². The fraction of sp³-hybridized carbons (Fsp3) is 0.211. The van der Waals surface area contributed by atoms with Gasteiger partial charge in [0.2, 0.25) is 0 Å². The van der Waals surface area contributed by atoms with E-state index in [1.807, 2.05) is 19.9 Å². The van der Waals surface area contributed by atoms with Crippen molar-refractivity contribution in [2.24, 2.45) is 0 Å². The molecule has 1 amide bonds. The van der Waals surface area contributed by atoms with Gasteiger partial charge in [0.1, 0.15) is 17.0 Å². The first kappa shape index (κ1) is 18.5. The SMILES string of the molecule is CNC(=O)c1ccc(CNc2ncnc3c2sc2nnc(C)c(C)c23)cc1Cl. The van der Waals surface area contributed by atoms with Crippen molar-refractivity contribution in [3.63, 3.8) is 0 Å². The van der Waals surface area contributed by atoms with Crippen LogP contribution in [0.3, 0.4) is 0 Å². The third-order valence-corrected chi connectivity index (χ3v) is 6.01. The molecular weight excluding hydrogens is 396 g/mol. The third kappa shape index (κ3) is 3.14. The smallest absolute Gasteiger partial charge is 0.252 e. The second-order valence-electron chi connectivity index (χ2n) is 6.34. The number of fused-ring (bicyclic) bond motifs is 3. The minimum absolute atomic E-state index is 0.209. The number of amides is 1. The normalized spacial score (nSPS) is 11.1. The highest BCUT2D eigenvalue weighted by molar-refractivity contribution is 7.25. The fourth-order valence-corrected chi connectivity index (χ4v) is 4.37. The predicted octanol–water partition coefficient (Wildman–Crippen LogP) is 3.88. The second-order valence-corrected chi connectivity index (χ2v) is 7.75. The van der Waals surface area contributed by atoms with E-state index in [-0.39, 0.29) is 5.91 Å². The van der Waals surface area contributed by atoms with Crippen molar-refractivity contribution < 1.29 is 4.79 Å². The van der Waals surface area contributed by atoms with E-state index >= 15 is 0 Å². The molecule has 0 aliphatic heterocycles. The van der Waals surface area contributed by atoms with Crippen molar-refractivity contribution in [3.8, 4) is 0 Å². The zero-order chi connectivity index (χ0) is 19.8. The van der Waals surface area contributed by atoms with Gasteiger partial charge in [-0.05, 0) is 37.1 Å². The summed E-state index contributed by atoms with van der Waals surface area (Å²) in [5.41, 5.74) is 4.24. The lowest BCUT2D eigenvalue weighted by Gasteiger charge is -2.09. The van der Waals surface area contributed by atoms with Crippen LogP contribution < -0.4 is 10.6 Å². The van der Waals surface area contributed by atoms with Crippen LogP contribution in [-0.2, 0) is 6.54 Å². The summed E-state index contributed by atoms with van der Waals surface area (Å²) in [6.07, 6.45) is 1.55. The van der Waals surface area contributed by atoms with E-state index in [9.17, 15) is 4.79 Å². The molecule has 1 aromatic carbocycles. The molecule has 0 aliphatic carbocycles. The van der Waals surface area contributed by atoms with Gasteiger partial charge in [-0.15, -0.1) is 16.4 Å². The largest absolute Gasteiger partial charge is 0.365 e. The van der Waals surface area contributed by atoms with E-state index in [4.69, 9.17) is 11.6 Å². The summed E-state index contributed by atoms with van der Waals surface area (Å²) >= 11 is 7.76. The predicted molar refractivity (Wildman–Crippen MR) is 112 cm³/mol. The molecule has 7 nitrogen and oxygen atoms in total. The van der Waals surface area contributed by atoms with Gasteiger partial charge in [0.25, 0.3) is 5.91 Å². The number of rotatable bonds is 4. The van der Waals surface area contributed by atoms with Gasteiger partial charge >= 0.3 is 0 Å². The average molecular weight is 413 g/mol. The minimum Gasteiger partial charge on any atom is -0.365 e. The number of aryl methyl sites for hydroxylation is 2. The number of carbonyl (C=O) groups excluding carboxylic acids is 1. The summed E-state index contributed by atoms with van der Waals surface area (Å²) in [5, 5.41) is 15.9. The van der Waals surface area contributed by atoms with E-state index in [1.165, 1.54) is 11.3 Å². The summed E-state index contributed by atoms with van der Waals surface area (Å²) in [4.78, 5) is 21.5. The summed E-state index contributed by atoms with van der Waals surface area (Å²) in [6, 6.07) is 5.36. The number of nitrogens with zero attached hydrogens (tertiary/aromatic N) is 4. The van der Waals surface area contributed by atoms with Crippen LogP contribution in [0.2, 0.25) is 5.02 Å². The molecule has 0 radical (unpaired) electrons. The van der Waals surface area contributed by atoms with Crippen LogP contribution in [0.5, 0.6) is 0 Å². The number of aromatic nitrogens is 4. The van der Waals surface area contributed by atoms with Gasteiger partial charge in [-0.25, -0.2) is 9.97 Å². The maximum Gasteiger partial charge on any atom is 0.252 e. The molecule has 4 aromatic rings. The molecule has 0 aliphatic rings. The Morgan fingerprint density at radius 3 is 2.79 bits per heavy atom. The molecule has 0 fully saturated rings. The molecule has 3 aromatic heterocycles. The molecule has 9 heteroatoms. The Hall–Kier alpha value is -2.84. The van der Waals surface area contributed by atoms with Crippen molar-refractivity contribution in [1.82, 2.24) is 25.5 Å². The van der Waals surface area contributed by atoms with E-state index in [0.29, 0.717) is 17.1 Å². The van der Waals surface area contributed by atoms with E-state index in [0.717, 1.165) is 43.1 Å². The third-order valence-electron chi connectivity index (χ3n) is 4.63. The summed E-state index contributed by atoms with van der Waals surface area (Å²) in [7, 11) is 1.58. The number of hydrogen-bond donors (Lipinski definition) is 2. The first-order valence-corrected chi connectivity index (χ1v) is 9.80. The minimum atomic E-state index is -0.209. The first-order valence-electron chi connectivity index (χ1n) is 8.61. The number of benzene rings is 1. The lowest BCUT2D eigenvalue weighted by atomic mass is 10.1. The Morgan fingerprint density at radius 2 is 2.04 bits per heavy atom. The molecule has 142 valence electrons. The molecule has 28 heavy (non-hydrogen) atoms. The highest BCUT2D eigenvalue weighted by Gasteiger charge is 2.16. The number of thiophene rings is 1. The quantitative estimate of drug-likeness (QED) is 0.528. The molecule has 0 unspecified atom stereocenters. The molecule has 2 N–H and O–H groups in total. The average Bonchev–Trinajstić information content (AvgIpc) is 3.08. The highest BCUT2D eigenvalue weighted by Crippen LogP contribution is 2.36. The Bertz CT molecular complexity index is 1220. The van der Waals surface area contributed by atoms with Crippen LogP contribution in [0.15, 0.2) is 24.5 Å². The second kappa shape index (κ2) is 7.29. The van der Waals surface area contributed by atoms with Crippen LogP contribution in [-0.4, -0.2) is 33.1 Å². The van der Waals surface area contributed by atoms with Gasteiger partial charge < -0.3 is 10.6 Å². The molecule has 0 atom stereocenters. The molecular formula is C19H17ClN6OS. The summed E-state index contributed by atoms with van der Waals surface area (Å²) < 4.78 is 0.938. The number of carbonyl (C=O) groups is 1. The molecule has 3 heterocycles. The Morgan fingerprint density at radius 1 is 1.21 bits per heavy atom. The lowest BCUT2D eigenvalue weighted by molar-refractivity contribution is 0.0963. The topological polar surface area (TPSA) is 92.7 Å². The van der Waals surface area contributed by atoms with Gasteiger partial charge in [0.15, 0.2) is 0 Å². The van der Waals surface area contributed by atoms with Gasteiger partial charge in [-0.2, -0.15) is 5.10 Å². The molecule has 0 bridgehead atoms. The fourth-order valence-electron chi connectivity index (χ4n) is 2.98. The summed E-state index contributed by atoms with van der Waals surface area (Å²) in [6.45, 7) is 4.49. The molecule has 0 spiro atoms. The van der Waals surface area contributed by atoms with Gasteiger partial charge in [0, 0.05) is 19.0 Å². The van der Waals surface area contributed by atoms with E-state index in [1.54, 1.807) is 25.5 Å². The number of nitrogens with one attached hydrogen (secondary N) is 2. The Labute approximate surface area is 170 Å². The van der Waals surface area contributed by atoms with Crippen LogP contribution >= 0.6 is 22.9 Å². The monoisotopic (exact) mass is 412 g/mol. The zero-order valence-electron chi connectivity index (χ0n) is 15.5. The molecule has 0 saturated heterocycles. The number of anilines is 1. The highest BCUT2D eigenvalue weighted by atomic mass is 35.5.